The number of hydrogen-bond donors (Lipinski definition) is 1. The fourth-order valence-corrected chi connectivity index (χ4v) is 2.76. The second-order valence-corrected chi connectivity index (χ2v) is 6.12. The molecule has 0 fully saturated rings. The van der Waals surface area contributed by atoms with Crippen molar-refractivity contribution < 1.29 is 18.3 Å². The molecule has 0 bridgehead atoms. The zero-order valence-electron chi connectivity index (χ0n) is 13.0. The Hall–Kier alpha value is -2.80. The zero-order valence-corrected chi connectivity index (χ0v) is 13.9. The summed E-state index contributed by atoms with van der Waals surface area (Å²) >= 11 is 1.29. The summed E-state index contributed by atoms with van der Waals surface area (Å²) in [5, 5.41) is 4.95. The van der Waals surface area contributed by atoms with Crippen LogP contribution in [0.3, 0.4) is 0 Å². The summed E-state index contributed by atoms with van der Waals surface area (Å²) in [6.45, 7) is 0.406. The Kier molecular flexibility index (Phi) is 5.35. The quantitative estimate of drug-likeness (QED) is 0.725. The van der Waals surface area contributed by atoms with Crippen molar-refractivity contribution in [3.8, 4) is 5.75 Å². The first-order valence-electron chi connectivity index (χ1n) is 7.45. The molecule has 0 aliphatic rings. The Labute approximate surface area is 147 Å². The third-order valence-corrected chi connectivity index (χ3v) is 4.12. The van der Waals surface area contributed by atoms with Crippen molar-refractivity contribution in [1.82, 2.24) is 10.3 Å². The average molecular weight is 360 g/mol. The number of nitrogens with zero attached hydrogens (tertiary/aromatic N) is 1. The number of thiazole rings is 1. The van der Waals surface area contributed by atoms with E-state index in [2.05, 4.69) is 10.3 Å². The van der Waals surface area contributed by atoms with Crippen LogP contribution in [-0.2, 0) is 13.2 Å². The Morgan fingerprint density at radius 3 is 2.68 bits per heavy atom. The lowest BCUT2D eigenvalue weighted by Crippen LogP contribution is -2.23. The Balaban J connectivity index is 1.53. The van der Waals surface area contributed by atoms with Crippen molar-refractivity contribution in [2.45, 2.75) is 13.2 Å². The third kappa shape index (κ3) is 4.84. The number of aromatic nitrogens is 1. The largest absolute Gasteiger partial charge is 0.486 e. The topological polar surface area (TPSA) is 51.2 Å². The van der Waals surface area contributed by atoms with Gasteiger partial charge in [0.2, 0.25) is 0 Å². The van der Waals surface area contributed by atoms with Gasteiger partial charge in [0.25, 0.3) is 5.91 Å². The van der Waals surface area contributed by atoms with Gasteiger partial charge in [0.05, 0.1) is 0 Å². The molecule has 0 saturated heterocycles. The van der Waals surface area contributed by atoms with Gasteiger partial charge in [-0.2, -0.15) is 0 Å². The van der Waals surface area contributed by atoms with E-state index in [0.29, 0.717) is 16.3 Å². The van der Waals surface area contributed by atoms with Crippen molar-refractivity contribution in [3.05, 3.63) is 81.8 Å². The normalized spacial score (nSPS) is 10.5. The van der Waals surface area contributed by atoms with Crippen LogP contribution >= 0.6 is 11.3 Å². The van der Waals surface area contributed by atoms with Gasteiger partial charge in [-0.3, -0.25) is 4.79 Å². The van der Waals surface area contributed by atoms with Gasteiger partial charge in [0.1, 0.15) is 34.7 Å². The Bertz CT molecular complexity index is 866. The van der Waals surface area contributed by atoms with E-state index >= 15 is 0 Å². The van der Waals surface area contributed by atoms with Crippen molar-refractivity contribution in [3.63, 3.8) is 0 Å². The summed E-state index contributed by atoms with van der Waals surface area (Å²) < 4.78 is 31.4. The van der Waals surface area contributed by atoms with Gasteiger partial charge in [-0.15, -0.1) is 11.3 Å². The fraction of sp³-hybridized carbons (Fsp3) is 0.111. The van der Waals surface area contributed by atoms with Crippen molar-refractivity contribution in [2.75, 3.05) is 0 Å². The van der Waals surface area contributed by atoms with Crippen molar-refractivity contribution in [1.29, 1.82) is 0 Å². The number of rotatable bonds is 6. The van der Waals surface area contributed by atoms with Crippen LogP contribution in [0.2, 0.25) is 0 Å². The van der Waals surface area contributed by atoms with E-state index in [1.54, 1.807) is 17.5 Å². The third-order valence-electron chi connectivity index (χ3n) is 3.30. The van der Waals surface area contributed by atoms with Crippen LogP contribution in [0.1, 0.15) is 21.1 Å². The summed E-state index contributed by atoms with van der Waals surface area (Å²) in [6, 6.07) is 11.7. The zero-order chi connectivity index (χ0) is 17.6. The lowest BCUT2D eigenvalue weighted by atomic mass is 10.2. The first-order valence-corrected chi connectivity index (χ1v) is 8.33. The number of amides is 1. The molecule has 1 N–H and O–H groups in total. The Morgan fingerprint density at radius 1 is 1.12 bits per heavy atom. The summed E-state index contributed by atoms with van der Waals surface area (Å²) in [5.41, 5.74) is 0.947. The monoisotopic (exact) mass is 360 g/mol. The number of carbonyl (C=O) groups is 1. The van der Waals surface area contributed by atoms with Crippen LogP contribution in [0.5, 0.6) is 5.75 Å². The van der Waals surface area contributed by atoms with Gasteiger partial charge in [-0.05, 0) is 42.0 Å². The molecule has 1 heterocycles. The highest BCUT2D eigenvalue weighted by atomic mass is 32.1. The first kappa shape index (κ1) is 17.0. The van der Waals surface area contributed by atoms with Gasteiger partial charge >= 0.3 is 0 Å². The lowest BCUT2D eigenvalue weighted by Gasteiger charge is -2.04. The predicted octanol–water partition coefficient (Wildman–Crippen LogP) is 3.93. The molecule has 0 unspecified atom stereocenters. The fourth-order valence-electron chi connectivity index (χ4n) is 2.08. The molecule has 0 saturated carbocycles. The van der Waals surface area contributed by atoms with Gasteiger partial charge in [0, 0.05) is 11.9 Å². The van der Waals surface area contributed by atoms with Crippen LogP contribution in [0, 0.1) is 11.6 Å². The van der Waals surface area contributed by atoms with Crippen LogP contribution in [0.4, 0.5) is 8.78 Å². The van der Waals surface area contributed by atoms with Gasteiger partial charge in [-0.1, -0.05) is 12.1 Å². The minimum Gasteiger partial charge on any atom is -0.486 e. The number of ether oxygens (including phenoxy) is 1. The summed E-state index contributed by atoms with van der Waals surface area (Å²) in [4.78, 5) is 16.3. The van der Waals surface area contributed by atoms with Gasteiger partial charge < -0.3 is 10.1 Å². The highest BCUT2D eigenvalue weighted by Crippen LogP contribution is 2.16. The minimum absolute atomic E-state index is 0.188. The number of carbonyl (C=O) groups excluding carboxylic acids is 1. The molecule has 2 aromatic carbocycles. The van der Waals surface area contributed by atoms with E-state index in [4.69, 9.17) is 4.74 Å². The van der Waals surface area contributed by atoms with Crippen molar-refractivity contribution in [2.24, 2.45) is 0 Å². The lowest BCUT2D eigenvalue weighted by molar-refractivity contribution is 0.0946. The molecule has 3 aromatic rings. The maximum atomic E-state index is 13.1. The SMILES string of the molecule is O=C(NCc1cccc(F)c1)c1csc(COc2ccc(F)cc2)n1. The first-order chi connectivity index (χ1) is 12.1. The number of nitrogens with one attached hydrogen (secondary N) is 1. The molecule has 4 nitrogen and oxygen atoms in total. The second-order valence-electron chi connectivity index (χ2n) is 5.18. The summed E-state index contributed by atoms with van der Waals surface area (Å²) in [7, 11) is 0. The van der Waals surface area contributed by atoms with E-state index in [0.717, 1.165) is 0 Å². The highest BCUT2D eigenvalue weighted by molar-refractivity contribution is 7.09. The highest BCUT2D eigenvalue weighted by Gasteiger charge is 2.11. The van der Waals surface area contributed by atoms with Crippen molar-refractivity contribution >= 4 is 17.2 Å². The van der Waals surface area contributed by atoms with E-state index in [1.165, 1.54) is 47.7 Å². The Morgan fingerprint density at radius 2 is 1.92 bits per heavy atom. The van der Waals surface area contributed by atoms with Crippen LogP contribution in [0.25, 0.3) is 0 Å². The van der Waals surface area contributed by atoms with E-state index in [-0.39, 0.29) is 36.4 Å². The minimum atomic E-state index is -0.347. The average Bonchev–Trinajstić information content (AvgIpc) is 3.08. The second kappa shape index (κ2) is 7.85. The number of hydrogen-bond acceptors (Lipinski definition) is 4. The summed E-state index contributed by atoms with van der Waals surface area (Å²) in [5.74, 6) is -0.498. The maximum absolute atomic E-state index is 13.1. The standard InChI is InChI=1S/C18H14F2N2O2S/c19-13-4-6-15(7-5-13)24-10-17-22-16(11-25-17)18(23)21-9-12-2-1-3-14(20)8-12/h1-8,11H,9-10H2,(H,21,23). The molecule has 3 rings (SSSR count). The molecule has 0 aliphatic heterocycles. The predicted molar refractivity (Wildman–Crippen MR) is 90.4 cm³/mol. The molecule has 1 amide bonds. The molecular weight excluding hydrogens is 346 g/mol. The molecule has 0 spiro atoms. The molecule has 0 radical (unpaired) electrons. The molecule has 0 aliphatic carbocycles. The molecule has 25 heavy (non-hydrogen) atoms. The number of halogens is 2. The van der Waals surface area contributed by atoms with Crippen LogP contribution in [-0.4, -0.2) is 10.9 Å². The van der Waals surface area contributed by atoms with E-state index < -0.39 is 0 Å². The van der Waals surface area contributed by atoms with E-state index in [9.17, 15) is 13.6 Å². The smallest absolute Gasteiger partial charge is 0.271 e. The van der Waals surface area contributed by atoms with E-state index in [1.807, 2.05) is 0 Å². The number of benzene rings is 2. The maximum Gasteiger partial charge on any atom is 0.271 e. The van der Waals surface area contributed by atoms with Crippen LogP contribution in [0.15, 0.2) is 53.9 Å². The molecule has 7 heteroatoms. The molecule has 0 atom stereocenters. The summed E-state index contributed by atoms with van der Waals surface area (Å²) in [6.07, 6.45) is 0. The van der Waals surface area contributed by atoms with Crippen LogP contribution < -0.4 is 10.1 Å². The molecule has 128 valence electrons. The molecular formula is C18H14F2N2O2S. The van der Waals surface area contributed by atoms with Gasteiger partial charge in [-0.25, -0.2) is 13.8 Å². The molecule has 1 aromatic heterocycles. The van der Waals surface area contributed by atoms with Gasteiger partial charge in [0.15, 0.2) is 0 Å².